The number of nitrogens with two attached hydrogens (primary N) is 1. The molecule has 0 aliphatic carbocycles. The lowest BCUT2D eigenvalue weighted by Gasteiger charge is -2.32. The number of carbonyl (C=O) groups excluding carboxylic acids is 1. The number of primary amides is 1. The predicted molar refractivity (Wildman–Crippen MR) is 163 cm³/mol. The molecule has 10 heteroatoms. The van der Waals surface area contributed by atoms with Gasteiger partial charge in [-0.15, -0.1) is 0 Å². The van der Waals surface area contributed by atoms with Crippen LogP contribution in [0.3, 0.4) is 0 Å². The minimum atomic E-state index is -4.61. The van der Waals surface area contributed by atoms with E-state index in [1.165, 1.54) is 24.3 Å². The Morgan fingerprint density at radius 2 is 1.59 bits per heavy atom. The average Bonchev–Trinajstić information content (AvgIpc) is 2.93. The zero-order valence-electron chi connectivity index (χ0n) is 22.4. The zero-order chi connectivity index (χ0) is 29.7. The zero-order valence-corrected chi connectivity index (χ0v) is 24.7. The molecule has 4 rings (SSSR count). The number of aliphatic carboxylic acids is 1. The standard InChI is InChI=1S/C31H30Cl2N2O5S/c1-2-3-12-28(31(37)38)35(41(39,40)24-18-22(32)17-23(33)19-24)29-26-11-7-10-21(14-13-20-8-5-4-6-9-20)25(26)15-16-27(29)30(34)36/h4-11,15-19,28H,2-3,12-14H2,1H3,(H2,34,36)(H,37,38). The highest BCUT2D eigenvalue weighted by Crippen LogP contribution is 2.39. The van der Waals surface area contributed by atoms with E-state index in [4.69, 9.17) is 28.9 Å². The molecular formula is C31H30Cl2N2O5S. The summed E-state index contributed by atoms with van der Waals surface area (Å²) in [5, 5.41) is 11.6. The molecule has 7 nitrogen and oxygen atoms in total. The molecule has 214 valence electrons. The first-order valence-electron chi connectivity index (χ1n) is 13.2. The first kappa shape index (κ1) is 30.4. The molecular weight excluding hydrogens is 583 g/mol. The summed E-state index contributed by atoms with van der Waals surface area (Å²) in [4.78, 5) is 25.2. The fourth-order valence-electron chi connectivity index (χ4n) is 4.96. The van der Waals surface area contributed by atoms with E-state index in [1.807, 2.05) is 43.3 Å². The fraction of sp³-hybridized carbons (Fsp3) is 0.226. The largest absolute Gasteiger partial charge is 0.480 e. The molecule has 4 aromatic carbocycles. The van der Waals surface area contributed by atoms with E-state index in [0.717, 1.165) is 21.9 Å². The Labute approximate surface area is 249 Å². The van der Waals surface area contributed by atoms with Gasteiger partial charge >= 0.3 is 5.97 Å². The topological polar surface area (TPSA) is 118 Å². The molecule has 1 unspecified atom stereocenters. The van der Waals surface area contributed by atoms with Crippen molar-refractivity contribution in [1.82, 2.24) is 0 Å². The maximum Gasteiger partial charge on any atom is 0.327 e. The Kier molecular flexibility index (Phi) is 9.58. The molecule has 0 aliphatic heterocycles. The second kappa shape index (κ2) is 12.9. The van der Waals surface area contributed by atoms with Crippen LogP contribution >= 0.6 is 23.2 Å². The Balaban J connectivity index is 2.01. The molecule has 0 saturated carbocycles. The van der Waals surface area contributed by atoms with Gasteiger partial charge in [0, 0.05) is 15.4 Å². The van der Waals surface area contributed by atoms with Gasteiger partial charge in [-0.1, -0.05) is 97.6 Å². The van der Waals surface area contributed by atoms with Gasteiger partial charge in [0.2, 0.25) is 0 Å². The first-order valence-corrected chi connectivity index (χ1v) is 15.4. The Morgan fingerprint density at radius 3 is 2.20 bits per heavy atom. The second-order valence-electron chi connectivity index (χ2n) is 9.73. The lowest BCUT2D eigenvalue weighted by atomic mass is 9.95. The maximum absolute atomic E-state index is 14.4. The maximum atomic E-state index is 14.4. The first-order chi connectivity index (χ1) is 19.5. The van der Waals surface area contributed by atoms with E-state index < -0.39 is 27.9 Å². The van der Waals surface area contributed by atoms with E-state index in [0.29, 0.717) is 30.0 Å². The smallest absolute Gasteiger partial charge is 0.327 e. The molecule has 4 aromatic rings. The summed E-state index contributed by atoms with van der Waals surface area (Å²) in [6, 6.07) is 20.7. The number of fused-ring (bicyclic) bond motifs is 1. The van der Waals surface area contributed by atoms with Gasteiger partial charge in [0.1, 0.15) is 6.04 Å². The number of aryl methyl sites for hydroxylation is 2. The summed E-state index contributed by atoms with van der Waals surface area (Å²) in [6.07, 6.45) is 2.41. The molecule has 1 atom stereocenters. The van der Waals surface area contributed by atoms with Gasteiger partial charge in [0.15, 0.2) is 0 Å². The summed E-state index contributed by atoms with van der Waals surface area (Å²) in [5.41, 5.74) is 7.61. The van der Waals surface area contributed by atoms with Gasteiger partial charge in [-0.2, -0.15) is 0 Å². The highest BCUT2D eigenvalue weighted by Gasteiger charge is 2.39. The van der Waals surface area contributed by atoms with Crippen molar-refractivity contribution in [3.05, 3.63) is 106 Å². The van der Waals surface area contributed by atoms with Gasteiger partial charge in [0.05, 0.1) is 16.1 Å². The van der Waals surface area contributed by atoms with Crippen molar-refractivity contribution in [2.24, 2.45) is 5.73 Å². The van der Waals surface area contributed by atoms with Crippen LogP contribution in [0.15, 0.2) is 83.8 Å². The number of benzene rings is 4. The van der Waals surface area contributed by atoms with Gasteiger partial charge in [-0.05, 0) is 60.0 Å². The van der Waals surface area contributed by atoms with Gasteiger partial charge in [-0.3, -0.25) is 9.10 Å². The third kappa shape index (κ3) is 6.67. The van der Waals surface area contributed by atoms with Gasteiger partial charge in [0.25, 0.3) is 15.9 Å². The number of sulfonamides is 1. The summed E-state index contributed by atoms with van der Waals surface area (Å²) in [7, 11) is -4.61. The molecule has 0 fully saturated rings. The van der Waals surface area contributed by atoms with E-state index in [1.54, 1.807) is 18.2 Å². The Bertz CT molecular complexity index is 1670. The summed E-state index contributed by atoms with van der Waals surface area (Å²) in [6.45, 7) is 1.88. The van der Waals surface area contributed by atoms with Crippen molar-refractivity contribution in [3.8, 4) is 0 Å². The van der Waals surface area contributed by atoms with Crippen LogP contribution in [-0.4, -0.2) is 31.4 Å². The number of unbranched alkanes of at least 4 members (excludes halogenated alkanes) is 1. The highest BCUT2D eigenvalue weighted by atomic mass is 35.5. The number of nitrogens with zero attached hydrogens (tertiary/aromatic N) is 1. The number of hydrogen-bond donors (Lipinski definition) is 2. The Hall–Kier alpha value is -3.59. The second-order valence-corrected chi connectivity index (χ2v) is 12.4. The summed E-state index contributed by atoms with van der Waals surface area (Å²) in [5.74, 6) is -2.25. The molecule has 1 amide bonds. The lowest BCUT2D eigenvalue weighted by Crippen LogP contribution is -2.46. The molecule has 0 spiro atoms. The molecule has 0 bridgehead atoms. The number of anilines is 1. The summed E-state index contributed by atoms with van der Waals surface area (Å²) < 4.78 is 29.5. The van der Waals surface area contributed by atoms with Crippen LogP contribution in [0.25, 0.3) is 10.8 Å². The highest BCUT2D eigenvalue weighted by molar-refractivity contribution is 7.93. The van der Waals surface area contributed by atoms with Gasteiger partial charge in [-0.25, -0.2) is 13.2 Å². The number of hydrogen-bond acceptors (Lipinski definition) is 4. The van der Waals surface area contributed by atoms with Crippen LogP contribution in [0, 0.1) is 0 Å². The van der Waals surface area contributed by atoms with Crippen LogP contribution in [-0.2, 0) is 27.7 Å². The third-order valence-electron chi connectivity index (χ3n) is 6.93. The quantitative estimate of drug-likeness (QED) is 0.181. The fourth-order valence-corrected chi connectivity index (χ4v) is 7.36. The predicted octanol–water partition coefficient (Wildman–Crippen LogP) is 6.87. The average molecular weight is 614 g/mol. The van der Waals surface area contributed by atoms with Crippen LogP contribution in [0.1, 0.15) is 47.7 Å². The van der Waals surface area contributed by atoms with Gasteiger partial charge < -0.3 is 10.8 Å². The van der Waals surface area contributed by atoms with E-state index in [2.05, 4.69) is 0 Å². The van der Waals surface area contributed by atoms with Crippen LogP contribution in [0.2, 0.25) is 10.0 Å². The van der Waals surface area contributed by atoms with E-state index in [9.17, 15) is 23.1 Å². The molecule has 3 N–H and O–H groups in total. The van der Waals surface area contributed by atoms with Crippen LogP contribution < -0.4 is 10.0 Å². The minimum absolute atomic E-state index is 0.00164. The lowest BCUT2D eigenvalue weighted by molar-refractivity contribution is -0.138. The minimum Gasteiger partial charge on any atom is -0.480 e. The molecule has 41 heavy (non-hydrogen) atoms. The van der Waals surface area contributed by atoms with Crippen molar-refractivity contribution < 1.29 is 23.1 Å². The number of carboxylic acid groups (broad SMARTS) is 1. The third-order valence-corrected chi connectivity index (χ3v) is 9.15. The molecule has 0 saturated heterocycles. The number of carboxylic acids is 1. The van der Waals surface area contributed by atoms with Crippen molar-refractivity contribution >= 4 is 61.6 Å². The normalized spacial score (nSPS) is 12.3. The van der Waals surface area contributed by atoms with Crippen molar-refractivity contribution in [2.75, 3.05) is 4.31 Å². The van der Waals surface area contributed by atoms with Crippen LogP contribution in [0.4, 0.5) is 5.69 Å². The monoisotopic (exact) mass is 612 g/mol. The molecule has 0 heterocycles. The van der Waals surface area contributed by atoms with Crippen molar-refractivity contribution in [3.63, 3.8) is 0 Å². The number of amides is 1. The number of halogens is 2. The molecule has 0 aromatic heterocycles. The summed E-state index contributed by atoms with van der Waals surface area (Å²) >= 11 is 12.3. The van der Waals surface area contributed by atoms with Crippen molar-refractivity contribution in [2.45, 2.75) is 50.0 Å². The molecule has 0 radical (unpaired) electrons. The Morgan fingerprint density at radius 1 is 0.902 bits per heavy atom. The van der Waals surface area contributed by atoms with E-state index in [-0.39, 0.29) is 32.6 Å². The van der Waals surface area contributed by atoms with E-state index >= 15 is 0 Å². The SMILES string of the molecule is CCCCC(C(=O)O)N(c1c(C(N)=O)ccc2c(CCc3ccccc3)cccc12)S(=O)(=O)c1cc(Cl)cc(Cl)c1. The van der Waals surface area contributed by atoms with Crippen molar-refractivity contribution in [1.29, 1.82) is 0 Å². The molecule has 0 aliphatic rings. The number of rotatable bonds is 12. The number of carbonyl (C=O) groups is 2. The van der Waals surface area contributed by atoms with Crippen LogP contribution in [0.5, 0.6) is 0 Å².